The van der Waals surface area contributed by atoms with Gasteiger partial charge >= 0.3 is 0 Å². The van der Waals surface area contributed by atoms with Crippen molar-refractivity contribution in [2.45, 2.75) is 39.3 Å². The van der Waals surface area contributed by atoms with Crippen LogP contribution in [0.4, 0.5) is 0 Å². The summed E-state index contributed by atoms with van der Waals surface area (Å²) in [6.45, 7) is 7.16. The number of carbonyl (C=O) groups is 1. The van der Waals surface area contributed by atoms with Crippen molar-refractivity contribution >= 4 is 5.91 Å². The third-order valence-electron chi connectivity index (χ3n) is 1.64. The molecule has 1 amide bonds. The number of carbonyl (C=O) groups excluding carboxylic acids is 1. The lowest BCUT2D eigenvalue weighted by molar-refractivity contribution is -0.120. The second-order valence-corrected chi connectivity index (χ2v) is 3.19. The van der Waals surface area contributed by atoms with E-state index < -0.39 is 0 Å². The van der Waals surface area contributed by atoms with Gasteiger partial charge < -0.3 is 11.1 Å². The second-order valence-electron chi connectivity index (χ2n) is 3.19. The fourth-order valence-electron chi connectivity index (χ4n) is 0.568. The molecule has 1 unspecified atom stereocenters. The van der Waals surface area contributed by atoms with Crippen LogP contribution >= 0.6 is 0 Å². The zero-order valence-corrected chi connectivity index (χ0v) is 7.06. The smallest absolute Gasteiger partial charge is 0.217 e. The average molecular weight is 144 g/mol. The summed E-state index contributed by atoms with van der Waals surface area (Å²) in [7, 11) is 0. The van der Waals surface area contributed by atoms with E-state index in [-0.39, 0.29) is 17.5 Å². The molecule has 3 heteroatoms. The van der Waals surface area contributed by atoms with Crippen LogP contribution in [-0.2, 0) is 4.79 Å². The Morgan fingerprint density at radius 2 is 2.00 bits per heavy atom. The molecule has 1 atom stereocenters. The molecule has 0 bridgehead atoms. The first-order valence-corrected chi connectivity index (χ1v) is 3.40. The molecule has 10 heavy (non-hydrogen) atoms. The van der Waals surface area contributed by atoms with E-state index in [2.05, 4.69) is 5.32 Å². The lowest BCUT2D eigenvalue weighted by Crippen LogP contribution is -2.53. The Kier molecular flexibility index (Phi) is 2.84. The summed E-state index contributed by atoms with van der Waals surface area (Å²) >= 11 is 0. The summed E-state index contributed by atoms with van der Waals surface area (Å²) < 4.78 is 0. The fourth-order valence-corrected chi connectivity index (χ4v) is 0.568. The van der Waals surface area contributed by atoms with Crippen molar-refractivity contribution in [1.29, 1.82) is 0 Å². The van der Waals surface area contributed by atoms with Crippen molar-refractivity contribution in [1.82, 2.24) is 5.32 Å². The molecular formula is C7H16N2O. The van der Waals surface area contributed by atoms with Gasteiger partial charge in [-0.25, -0.2) is 0 Å². The molecule has 0 aliphatic heterocycles. The molecule has 0 heterocycles. The minimum absolute atomic E-state index is 0.0311. The van der Waals surface area contributed by atoms with Crippen LogP contribution in [0.5, 0.6) is 0 Å². The van der Waals surface area contributed by atoms with Crippen LogP contribution in [0.1, 0.15) is 27.7 Å². The molecule has 0 saturated heterocycles. The van der Waals surface area contributed by atoms with E-state index in [0.717, 1.165) is 0 Å². The predicted octanol–water partition coefficient (Wildman–Crippen LogP) is 0.248. The number of hydrogen-bond donors (Lipinski definition) is 2. The summed E-state index contributed by atoms with van der Waals surface area (Å²) in [6.07, 6.45) is 0. The minimum Gasteiger partial charge on any atom is -0.350 e. The van der Waals surface area contributed by atoms with Gasteiger partial charge in [-0.15, -0.1) is 0 Å². The van der Waals surface area contributed by atoms with Crippen LogP contribution in [0.15, 0.2) is 0 Å². The molecule has 3 nitrogen and oxygen atoms in total. The SMILES string of the molecule is CC(=O)NC(C)(C)C(C)N. The maximum absolute atomic E-state index is 10.6. The summed E-state index contributed by atoms with van der Waals surface area (Å²) in [4.78, 5) is 10.6. The van der Waals surface area contributed by atoms with Crippen LogP contribution in [0.25, 0.3) is 0 Å². The average Bonchev–Trinajstić information content (AvgIpc) is 1.60. The van der Waals surface area contributed by atoms with Gasteiger partial charge in [0.25, 0.3) is 0 Å². The van der Waals surface area contributed by atoms with Crippen LogP contribution in [-0.4, -0.2) is 17.5 Å². The Balaban J connectivity index is 3.99. The Hall–Kier alpha value is -0.570. The normalized spacial score (nSPS) is 14.5. The Morgan fingerprint density at radius 3 is 2.10 bits per heavy atom. The number of nitrogens with two attached hydrogens (primary N) is 1. The van der Waals surface area contributed by atoms with E-state index >= 15 is 0 Å². The van der Waals surface area contributed by atoms with Crippen molar-refractivity contribution < 1.29 is 4.79 Å². The molecule has 0 spiro atoms. The molecule has 0 aromatic rings. The summed E-state index contributed by atoms with van der Waals surface area (Å²) in [5.41, 5.74) is 5.30. The predicted molar refractivity (Wildman–Crippen MR) is 41.5 cm³/mol. The number of rotatable bonds is 2. The third kappa shape index (κ3) is 2.82. The van der Waals surface area contributed by atoms with E-state index in [0.29, 0.717) is 0 Å². The first-order chi connectivity index (χ1) is 4.36. The third-order valence-corrected chi connectivity index (χ3v) is 1.64. The molecule has 0 rings (SSSR count). The fraction of sp³-hybridized carbons (Fsp3) is 0.857. The van der Waals surface area contributed by atoms with Crippen LogP contribution < -0.4 is 11.1 Å². The maximum atomic E-state index is 10.6. The van der Waals surface area contributed by atoms with Gasteiger partial charge in [0.15, 0.2) is 0 Å². The van der Waals surface area contributed by atoms with Gasteiger partial charge in [0.2, 0.25) is 5.91 Å². The van der Waals surface area contributed by atoms with Crippen LogP contribution in [0, 0.1) is 0 Å². The topological polar surface area (TPSA) is 55.1 Å². The molecule has 0 radical (unpaired) electrons. The van der Waals surface area contributed by atoms with Gasteiger partial charge in [0.1, 0.15) is 0 Å². The minimum atomic E-state index is -0.300. The van der Waals surface area contributed by atoms with E-state index in [1.807, 2.05) is 20.8 Å². The van der Waals surface area contributed by atoms with Gasteiger partial charge in [-0.2, -0.15) is 0 Å². The standard InChI is InChI=1S/C7H16N2O/c1-5(8)7(3,4)9-6(2)10/h5H,8H2,1-4H3,(H,9,10). The molecular weight excluding hydrogens is 128 g/mol. The molecule has 3 N–H and O–H groups in total. The molecule has 0 aliphatic carbocycles. The van der Waals surface area contributed by atoms with E-state index in [9.17, 15) is 4.79 Å². The second kappa shape index (κ2) is 3.01. The quantitative estimate of drug-likeness (QED) is 0.583. The van der Waals surface area contributed by atoms with Crippen molar-refractivity contribution in [2.75, 3.05) is 0 Å². The highest BCUT2D eigenvalue weighted by Crippen LogP contribution is 2.05. The lowest BCUT2D eigenvalue weighted by atomic mass is 9.97. The van der Waals surface area contributed by atoms with Crippen molar-refractivity contribution in [2.24, 2.45) is 5.73 Å². The Morgan fingerprint density at radius 1 is 1.60 bits per heavy atom. The molecule has 0 aliphatic rings. The highest BCUT2D eigenvalue weighted by molar-refractivity contribution is 5.73. The monoisotopic (exact) mass is 144 g/mol. The Bertz CT molecular complexity index is 130. The highest BCUT2D eigenvalue weighted by atomic mass is 16.1. The van der Waals surface area contributed by atoms with Gasteiger partial charge in [-0.1, -0.05) is 0 Å². The highest BCUT2D eigenvalue weighted by Gasteiger charge is 2.22. The van der Waals surface area contributed by atoms with Gasteiger partial charge in [-0.05, 0) is 20.8 Å². The van der Waals surface area contributed by atoms with Crippen LogP contribution in [0.2, 0.25) is 0 Å². The molecule has 0 aromatic carbocycles. The summed E-state index contributed by atoms with van der Waals surface area (Å²) in [5, 5.41) is 2.75. The molecule has 60 valence electrons. The first-order valence-electron chi connectivity index (χ1n) is 3.40. The number of hydrogen-bond acceptors (Lipinski definition) is 2. The van der Waals surface area contributed by atoms with Gasteiger partial charge in [0.05, 0.1) is 0 Å². The van der Waals surface area contributed by atoms with Crippen LogP contribution in [0.3, 0.4) is 0 Å². The number of nitrogens with one attached hydrogen (secondary N) is 1. The molecule has 0 aromatic heterocycles. The number of amides is 1. The first kappa shape index (κ1) is 9.43. The zero-order chi connectivity index (χ0) is 8.36. The van der Waals surface area contributed by atoms with Crippen molar-refractivity contribution in [3.05, 3.63) is 0 Å². The Labute approximate surface area is 62.0 Å². The summed E-state index contributed by atoms with van der Waals surface area (Å²) in [5.74, 6) is -0.0395. The lowest BCUT2D eigenvalue weighted by Gasteiger charge is -2.29. The largest absolute Gasteiger partial charge is 0.350 e. The maximum Gasteiger partial charge on any atom is 0.217 e. The van der Waals surface area contributed by atoms with E-state index in [1.54, 1.807) is 0 Å². The molecule has 0 saturated carbocycles. The van der Waals surface area contributed by atoms with E-state index in [1.165, 1.54) is 6.92 Å². The van der Waals surface area contributed by atoms with Crippen molar-refractivity contribution in [3.8, 4) is 0 Å². The van der Waals surface area contributed by atoms with Crippen molar-refractivity contribution in [3.63, 3.8) is 0 Å². The van der Waals surface area contributed by atoms with Gasteiger partial charge in [0, 0.05) is 18.5 Å². The molecule has 0 fully saturated rings. The van der Waals surface area contributed by atoms with Gasteiger partial charge in [-0.3, -0.25) is 4.79 Å². The summed E-state index contributed by atoms with van der Waals surface area (Å²) in [6, 6.07) is -0.0311. The van der Waals surface area contributed by atoms with E-state index in [4.69, 9.17) is 5.73 Å². The zero-order valence-electron chi connectivity index (χ0n) is 7.06.